The van der Waals surface area contributed by atoms with Gasteiger partial charge in [0.05, 0.1) is 6.54 Å². The van der Waals surface area contributed by atoms with Crippen LogP contribution in [0.15, 0.2) is 73.1 Å². The molecule has 1 heterocycles. The molecule has 6 nitrogen and oxygen atoms in total. The molecule has 0 unspecified atom stereocenters. The predicted octanol–water partition coefficient (Wildman–Crippen LogP) is 4.98. The van der Waals surface area contributed by atoms with Crippen LogP contribution in [0.5, 0.6) is 11.5 Å². The first-order valence-corrected chi connectivity index (χ1v) is 9.99. The summed E-state index contributed by atoms with van der Waals surface area (Å²) in [6.07, 6.45) is 3.50. The van der Waals surface area contributed by atoms with Crippen LogP contribution in [0.25, 0.3) is 0 Å². The summed E-state index contributed by atoms with van der Waals surface area (Å²) in [6, 6.07) is 18.8. The molecule has 0 spiro atoms. The zero-order valence-electron chi connectivity index (χ0n) is 17.3. The van der Waals surface area contributed by atoms with Crippen LogP contribution in [0.3, 0.4) is 0 Å². The van der Waals surface area contributed by atoms with Crippen molar-refractivity contribution < 1.29 is 14.3 Å². The molecular weight excluding hydrogens is 378 g/mol. The number of pyridine rings is 1. The van der Waals surface area contributed by atoms with Gasteiger partial charge < -0.3 is 20.1 Å². The van der Waals surface area contributed by atoms with E-state index in [-0.39, 0.29) is 6.03 Å². The fourth-order valence-corrected chi connectivity index (χ4v) is 2.74. The number of carbonyl (C=O) groups excluding carboxylic acids is 1. The second-order valence-electron chi connectivity index (χ2n) is 7.13. The van der Waals surface area contributed by atoms with Crippen molar-refractivity contribution in [2.75, 3.05) is 18.5 Å². The van der Waals surface area contributed by atoms with Crippen LogP contribution >= 0.6 is 0 Å². The van der Waals surface area contributed by atoms with E-state index in [1.165, 1.54) is 5.56 Å². The lowest BCUT2D eigenvalue weighted by Crippen LogP contribution is -2.32. The van der Waals surface area contributed by atoms with E-state index in [2.05, 4.69) is 41.6 Å². The summed E-state index contributed by atoms with van der Waals surface area (Å²) in [4.78, 5) is 16.1. The summed E-state index contributed by atoms with van der Waals surface area (Å²) in [7, 11) is 0. The van der Waals surface area contributed by atoms with Gasteiger partial charge in [-0.2, -0.15) is 0 Å². The molecule has 0 aliphatic rings. The Labute approximate surface area is 177 Å². The van der Waals surface area contributed by atoms with Gasteiger partial charge in [-0.1, -0.05) is 32.0 Å². The molecule has 1 aromatic heterocycles. The molecular formula is C24H27N3O3. The molecule has 0 radical (unpaired) electrons. The van der Waals surface area contributed by atoms with Crippen molar-refractivity contribution in [1.82, 2.24) is 10.3 Å². The SMILES string of the molecule is CC(C)c1ccc(OCCNC(=O)Nc2ccc(OCc3cccnc3)cc2)cc1. The number of benzene rings is 2. The Morgan fingerprint density at radius 1 is 0.967 bits per heavy atom. The van der Waals surface area contributed by atoms with Gasteiger partial charge in [-0.15, -0.1) is 0 Å². The Morgan fingerprint density at radius 3 is 2.33 bits per heavy atom. The lowest BCUT2D eigenvalue weighted by molar-refractivity contribution is 0.247. The predicted molar refractivity (Wildman–Crippen MR) is 118 cm³/mol. The molecule has 2 N–H and O–H groups in total. The van der Waals surface area contributed by atoms with E-state index >= 15 is 0 Å². The van der Waals surface area contributed by atoms with Crippen molar-refractivity contribution in [3.8, 4) is 11.5 Å². The first-order chi connectivity index (χ1) is 14.6. The normalized spacial score (nSPS) is 10.5. The van der Waals surface area contributed by atoms with Gasteiger partial charge in [0, 0.05) is 23.6 Å². The van der Waals surface area contributed by atoms with Crippen LogP contribution in [-0.4, -0.2) is 24.2 Å². The number of nitrogens with zero attached hydrogens (tertiary/aromatic N) is 1. The molecule has 0 atom stereocenters. The van der Waals surface area contributed by atoms with E-state index in [1.807, 2.05) is 36.4 Å². The number of carbonyl (C=O) groups is 1. The molecule has 2 amide bonds. The molecule has 0 aliphatic heterocycles. The van der Waals surface area contributed by atoms with E-state index in [1.54, 1.807) is 24.5 Å². The minimum absolute atomic E-state index is 0.280. The maximum Gasteiger partial charge on any atom is 0.319 e. The minimum Gasteiger partial charge on any atom is -0.492 e. The lowest BCUT2D eigenvalue weighted by atomic mass is 10.0. The van der Waals surface area contributed by atoms with Crippen molar-refractivity contribution in [2.24, 2.45) is 0 Å². The Kier molecular flexibility index (Phi) is 7.66. The molecule has 6 heteroatoms. The summed E-state index contributed by atoms with van der Waals surface area (Å²) < 4.78 is 11.4. The van der Waals surface area contributed by atoms with Gasteiger partial charge in [0.2, 0.25) is 0 Å². The Hall–Kier alpha value is -3.54. The van der Waals surface area contributed by atoms with Crippen LogP contribution in [-0.2, 0) is 6.61 Å². The van der Waals surface area contributed by atoms with E-state index in [0.717, 1.165) is 17.1 Å². The number of hydrogen-bond acceptors (Lipinski definition) is 4. The van der Waals surface area contributed by atoms with Crippen molar-refractivity contribution in [2.45, 2.75) is 26.4 Å². The highest BCUT2D eigenvalue weighted by Gasteiger charge is 2.03. The molecule has 156 valence electrons. The number of ether oxygens (including phenoxy) is 2. The van der Waals surface area contributed by atoms with Crippen molar-refractivity contribution in [3.63, 3.8) is 0 Å². The molecule has 0 aliphatic carbocycles. The van der Waals surface area contributed by atoms with Crippen LogP contribution in [0, 0.1) is 0 Å². The summed E-state index contributed by atoms with van der Waals surface area (Å²) in [5.74, 6) is 2.01. The van der Waals surface area contributed by atoms with E-state index in [4.69, 9.17) is 9.47 Å². The topological polar surface area (TPSA) is 72.5 Å². The fraction of sp³-hybridized carbons (Fsp3) is 0.250. The summed E-state index contributed by atoms with van der Waals surface area (Å²) in [5.41, 5.74) is 2.96. The second-order valence-corrected chi connectivity index (χ2v) is 7.13. The van der Waals surface area contributed by atoms with Crippen molar-refractivity contribution >= 4 is 11.7 Å². The highest BCUT2D eigenvalue weighted by atomic mass is 16.5. The largest absolute Gasteiger partial charge is 0.492 e. The van der Waals surface area contributed by atoms with Gasteiger partial charge in [-0.05, 0) is 53.9 Å². The second kappa shape index (κ2) is 10.9. The van der Waals surface area contributed by atoms with Gasteiger partial charge in [-0.3, -0.25) is 4.98 Å². The van der Waals surface area contributed by atoms with Gasteiger partial charge >= 0.3 is 6.03 Å². The fourth-order valence-electron chi connectivity index (χ4n) is 2.74. The summed E-state index contributed by atoms with van der Waals surface area (Å²) >= 11 is 0. The first kappa shape index (κ1) is 21.2. The zero-order chi connectivity index (χ0) is 21.2. The summed E-state index contributed by atoms with van der Waals surface area (Å²) in [6.45, 7) is 5.56. The van der Waals surface area contributed by atoms with E-state index < -0.39 is 0 Å². The average molecular weight is 405 g/mol. The van der Waals surface area contributed by atoms with Gasteiger partial charge in [-0.25, -0.2) is 4.79 Å². The minimum atomic E-state index is -0.280. The lowest BCUT2D eigenvalue weighted by Gasteiger charge is -2.11. The molecule has 0 saturated carbocycles. The Bertz CT molecular complexity index is 911. The number of amides is 2. The molecule has 3 aromatic rings. The van der Waals surface area contributed by atoms with Gasteiger partial charge in [0.25, 0.3) is 0 Å². The number of hydrogen-bond donors (Lipinski definition) is 2. The van der Waals surface area contributed by atoms with Gasteiger partial charge in [0.15, 0.2) is 0 Å². The van der Waals surface area contributed by atoms with Crippen LogP contribution < -0.4 is 20.1 Å². The average Bonchev–Trinajstić information content (AvgIpc) is 2.77. The maximum absolute atomic E-state index is 12.0. The third-order valence-electron chi connectivity index (χ3n) is 4.44. The van der Waals surface area contributed by atoms with Crippen LogP contribution in [0.4, 0.5) is 10.5 Å². The number of nitrogens with one attached hydrogen (secondary N) is 2. The van der Waals surface area contributed by atoms with Crippen LogP contribution in [0.2, 0.25) is 0 Å². The molecule has 30 heavy (non-hydrogen) atoms. The number of rotatable bonds is 9. The van der Waals surface area contributed by atoms with Crippen molar-refractivity contribution in [3.05, 3.63) is 84.2 Å². The standard InChI is InChI=1S/C24H27N3O3/c1-18(2)20-5-9-22(10-6-20)29-15-14-26-24(28)27-21-7-11-23(12-8-21)30-17-19-4-3-13-25-16-19/h3-13,16,18H,14-15,17H2,1-2H3,(H2,26,27,28). The van der Waals surface area contributed by atoms with E-state index in [0.29, 0.717) is 31.4 Å². The molecule has 2 aromatic carbocycles. The number of aromatic nitrogens is 1. The number of anilines is 1. The number of urea groups is 1. The summed E-state index contributed by atoms with van der Waals surface area (Å²) in [5, 5.41) is 5.57. The molecule has 0 saturated heterocycles. The third-order valence-corrected chi connectivity index (χ3v) is 4.44. The molecule has 3 rings (SSSR count). The van der Waals surface area contributed by atoms with E-state index in [9.17, 15) is 4.79 Å². The quantitative estimate of drug-likeness (QED) is 0.492. The monoisotopic (exact) mass is 405 g/mol. The smallest absolute Gasteiger partial charge is 0.319 e. The highest BCUT2D eigenvalue weighted by Crippen LogP contribution is 2.19. The molecule has 0 fully saturated rings. The Balaban J connectivity index is 1.35. The molecule has 0 bridgehead atoms. The van der Waals surface area contributed by atoms with Gasteiger partial charge in [0.1, 0.15) is 24.7 Å². The highest BCUT2D eigenvalue weighted by molar-refractivity contribution is 5.89. The maximum atomic E-state index is 12.0. The zero-order valence-corrected chi connectivity index (χ0v) is 17.3. The first-order valence-electron chi connectivity index (χ1n) is 9.99. The third kappa shape index (κ3) is 6.81. The van der Waals surface area contributed by atoms with Crippen LogP contribution in [0.1, 0.15) is 30.9 Å². The van der Waals surface area contributed by atoms with Crippen molar-refractivity contribution in [1.29, 1.82) is 0 Å². The Morgan fingerprint density at radius 2 is 1.67 bits per heavy atom.